The second kappa shape index (κ2) is 6.24. The molecule has 3 aliphatic carbocycles. The van der Waals surface area contributed by atoms with Crippen LogP contribution in [0.25, 0.3) is 6.08 Å². The van der Waals surface area contributed by atoms with E-state index in [0.717, 1.165) is 42.1 Å². The van der Waals surface area contributed by atoms with Crippen LogP contribution in [0.5, 0.6) is 11.5 Å². The molecular formula is C27H27NO4. The third kappa shape index (κ3) is 2.28. The highest BCUT2D eigenvalue weighted by atomic mass is 16.5. The fourth-order valence-corrected chi connectivity index (χ4v) is 7.06. The van der Waals surface area contributed by atoms with Crippen molar-refractivity contribution in [3.8, 4) is 11.5 Å². The van der Waals surface area contributed by atoms with Crippen molar-refractivity contribution >= 4 is 11.9 Å². The zero-order valence-corrected chi connectivity index (χ0v) is 18.0. The zero-order chi connectivity index (χ0) is 21.7. The maximum Gasteiger partial charge on any atom is 0.200 e. The number of hydrogen-bond donors (Lipinski definition) is 2. The van der Waals surface area contributed by atoms with Crippen LogP contribution in [0.2, 0.25) is 0 Å². The van der Waals surface area contributed by atoms with Gasteiger partial charge in [-0.1, -0.05) is 36.4 Å². The molecule has 1 unspecified atom stereocenters. The number of hydrogen-bond acceptors (Lipinski definition) is 5. The van der Waals surface area contributed by atoms with Crippen molar-refractivity contribution in [2.24, 2.45) is 5.92 Å². The van der Waals surface area contributed by atoms with E-state index in [9.17, 15) is 15.0 Å². The molecule has 2 heterocycles. The van der Waals surface area contributed by atoms with Gasteiger partial charge in [-0.2, -0.15) is 0 Å². The van der Waals surface area contributed by atoms with Gasteiger partial charge in [0.2, 0.25) is 0 Å². The summed E-state index contributed by atoms with van der Waals surface area (Å²) >= 11 is 0. The average molecular weight is 430 g/mol. The smallest absolute Gasteiger partial charge is 0.200 e. The summed E-state index contributed by atoms with van der Waals surface area (Å²) in [6.07, 6.45) is 5.37. The minimum Gasteiger partial charge on any atom is -0.504 e. The van der Waals surface area contributed by atoms with Gasteiger partial charge in [0.1, 0.15) is 0 Å². The van der Waals surface area contributed by atoms with Gasteiger partial charge in [0, 0.05) is 30.1 Å². The topological polar surface area (TPSA) is 70.0 Å². The Morgan fingerprint density at radius 1 is 1.16 bits per heavy atom. The third-order valence-electron chi connectivity index (χ3n) is 8.67. The first-order valence-corrected chi connectivity index (χ1v) is 11.8. The van der Waals surface area contributed by atoms with Crippen molar-refractivity contribution < 1.29 is 19.7 Å². The van der Waals surface area contributed by atoms with Crippen molar-refractivity contribution in [1.82, 2.24) is 4.90 Å². The van der Waals surface area contributed by atoms with E-state index in [1.165, 1.54) is 12.8 Å². The highest BCUT2D eigenvalue weighted by molar-refractivity contribution is 6.06. The maximum absolute atomic E-state index is 13.8. The molecule has 0 aromatic heterocycles. The summed E-state index contributed by atoms with van der Waals surface area (Å²) in [5, 5.41) is 23.2. The Kier molecular flexibility index (Phi) is 3.68. The number of nitrogens with zero attached hydrogens (tertiary/aromatic N) is 1. The number of carbonyl (C=O) groups is 1. The molecule has 0 amide bonds. The molecule has 4 atom stereocenters. The molecule has 5 aliphatic rings. The van der Waals surface area contributed by atoms with Gasteiger partial charge in [-0.05, 0) is 61.4 Å². The van der Waals surface area contributed by atoms with Gasteiger partial charge in [-0.15, -0.1) is 0 Å². The molecule has 2 aromatic rings. The summed E-state index contributed by atoms with van der Waals surface area (Å²) in [5.74, 6) is 1.14. The highest BCUT2D eigenvalue weighted by Gasteiger charge is 2.74. The number of phenols is 1. The Morgan fingerprint density at radius 2 is 1.97 bits per heavy atom. The largest absolute Gasteiger partial charge is 0.504 e. The van der Waals surface area contributed by atoms with E-state index >= 15 is 0 Å². The van der Waals surface area contributed by atoms with Gasteiger partial charge in [0.25, 0.3) is 0 Å². The molecule has 32 heavy (non-hydrogen) atoms. The van der Waals surface area contributed by atoms with Gasteiger partial charge in [0.15, 0.2) is 23.4 Å². The molecule has 0 radical (unpaired) electrons. The molecular weight excluding hydrogens is 402 g/mol. The van der Waals surface area contributed by atoms with E-state index in [-0.39, 0.29) is 17.6 Å². The second-order valence-electron chi connectivity index (χ2n) is 10.4. The van der Waals surface area contributed by atoms with E-state index < -0.39 is 17.1 Å². The van der Waals surface area contributed by atoms with Crippen LogP contribution >= 0.6 is 0 Å². The number of benzene rings is 2. The van der Waals surface area contributed by atoms with Crippen molar-refractivity contribution in [3.05, 3.63) is 64.7 Å². The lowest BCUT2D eigenvalue weighted by Crippen LogP contribution is -2.77. The molecule has 7 rings (SSSR count). The first kappa shape index (κ1) is 18.9. The summed E-state index contributed by atoms with van der Waals surface area (Å²) in [5.41, 5.74) is 1.67. The lowest BCUT2D eigenvalue weighted by Gasteiger charge is -2.62. The molecule has 164 valence electrons. The van der Waals surface area contributed by atoms with Crippen LogP contribution < -0.4 is 4.74 Å². The van der Waals surface area contributed by atoms with Gasteiger partial charge in [-0.25, -0.2) is 0 Å². The van der Waals surface area contributed by atoms with Crippen LogP contribution in [0.15, 0.2) is 48.0 Å². The van der Waals surface area contributed by atoms with Crippen molar-refractivity contribution in [1.29, 1.82) is 0 Å². The van der Waals surface area contributed by atoms with Crippen LogP contribution in [0.3, 0.4) is 0 Å². The Hall–Kier alpha value is -2.63. The standard InChI is InChI=1S/C27H27NO4/c29-20-9-8-18-13-21-27(31)14-19(12-16-4-2-1-3-5-16)23(30)25-26(27,22(18)24(20)32-25)10-11-28(21)15-17-6-7-17/h1-5,8-9,12,17,21,25,29,31H,6-7,10-11,13-15H2/b19-12-/t21?,25-,26-,27+/m0/s1. The Labute approximate surface area is 187 Å². The molecule has 2 aromatic carbocycles. The fourth-order valence-electron chi connectivity index (χ4n) is 7.06. The molecule has 1 spiro atoms. The fraction of sp³-hybridized carbons (Fsp3) is 0.444. The molecule has 5 nitrogen and oxygen atoms in total. The number of rotatable bonds is 3. The lowest BCUT2D eigenvalue weighted by atomic mass is 9.48. The van der Waals surface area contributed by atoms with E-state index in [1.54, 1.807) is 6.07 Å². The van der Waals surface area contributed by atoms with Crippen molar-refractivity contribution in [2.75, 3.05) is 13.1 Å². The van der Waals surface area contributed by atoms with Crippen LogP contribution in [-0.4, -0.2) is 51.7 Å². The molecule has 1 saturated heterocycles. The first-order chi connectivity index (χ1) is 15.5. The molecule has 2 N–H and O–H groups in total. The number of aromatic hydroxyl groups is 1. The quantitative estimate of drug-likeness (QED) is 0.734. The summed E-state index contributed by atoms with van der Waals surface area (Å²) < 4.78 is 6.26. The van der Waals surface area contributed by atoms with E-state index in [4.69, 9.17) is 4.74 Å². The normalized spacial score (nSPS) is 36.2. The number of likely N-dealkylation sites (tertiary alicyclic amines) is 1. The van der Waals surface area contributed by atoms with Crippen LogP contribution in [-0.2, 0) is 16.6 Å². The van der Waals surface area contributed by atoms with Crippen molar-refractivity contribution in [2.45, 2.75) is 55.3 Å². The molecule has 3 fully saturated rings. The Bertz CT molecular complexity index is 1170. The number of ketones is 1. The Morgan fingerprint density at radius 3 is 2.75 bits per heavy atom. The number of aliphatic hydroxyl groups is 1. The van der Waals surface area contributed by atoms with Crippen LogP contribution in [0.4, 0.5) is 0 Å². The summed E-state index contributed by atoms with van der Waals surface area (Å²) in [4.78, 5) is 16.3. The lowest BCUT2D eigenvalue weighted by molar-refractivity contribution is -0.179. The van der Waals surface area contributed by atoms with Gasteiger partial charge < -0.3 is 14.9 Å². The predicted octanol–water partition coefficient (Wildman–Crippen LogP) is 3.22. The SMILES string of the molecule is O=C1/C(=C\c2ccccc2)C[C@@]2(O)C3Cc4ccc(O)c5c4[C@@]2(CCN3CC2CC2)[C@H]1O5. The monoisotopic (exact) mass is 429 g/mol. The second-order valence-corrected chi connectivity index (χ2v) is 10.4. The Balaban J connectivity index is 1.42. The summed E-state index contributed by atoms with van der Waals surface area (Å²) in [7, 11) is 0. The van der Waals surface area contributed by atoms with Gasteiger partial charge >= 0.3 is 0 Å². The zero-order valence-electron chi connectivity index (χ0n) is 18.0. The van der Waals surface area contributed by atoms with Gasteiger partial charge in [0.05, 0.1) is 11.0 Å². The molecule has 2 aliphatic heterocycles. The number of phenolic OH excluding ortho intramolecular Hbond substituents is 1. The van der Waals surface area contributed by atoms with Crippen LogP contribution in [0, 0.1) is 5.92 Å². The minimum atomic E-state index is -1.11. The van der Waals surface area contributed by atoms with E-state index in [0.29, 0.717) is 24.2 Å². The minimum absolute atomic E-state index is 0.0572. The average Bonchev–Trinajstić information content (AvgIpc) is 3.52. The number of ether oxygens (including phenoxy) is 1. The molecule has 2 bridgehead atoms. The van der Waals surface area contributed by atoms with Crippen LogP contribution in [0.1, 0.15) is 42.4 Å². The summed E-state index contributed by atoms with van der Waals surface area (Å²) in [6, 6.07) is 13.4. The van der Waals surface area contributed by atoms with Gasteiger partial charge in [-0.3, -0.25) is 9.69 Å². The number of piperidine rings is 1. The predicted molar refractivity (Wildman–Crippen MR) is 120 cm³/mol. The highest BCUT2D eigenvalue weighted by Crippen LogP contribution is 2.65. The molecule has 2 saturated carbocycles. The first-order valence-electron chi connectivity index (χ1n) is 11.8. The van der Waals surface area contributed by atoms with E-state index in [2.05, 4.69) is 4.90 Å². The van der Waals surface area contributed by atoms with E-state index in [1.807, 2.05) is 42.5 Å². The van der Waals surface area contributed by atoms with Crippen molar-refractivity contribution in [3.63, 3.8) is 0 Å². The number of Topliss-reactive ketones (excluding diaryl/α,β-unsaturated/α-hetero) is 1. The summed E-state index contributed by atoms with van der Waals surface area (Å²) in [6.45, 7) is 1.86. The molecule has 5 heteroatoms. The number of carbonyl (C=O) groups excluding carboxylic acids is 1. The third-order valence-corrected chi connectivity index (χ3v) is 8.67. The maximum atomic E-state index is 13.8.